The molecule has 1 N–H and O–H groups in total. The number of carbonyl (C=O) groups excluding carboxylic acids is 1. The van der Waals surface area contributed by atoms with Gasteiger partial charge in [0, 0.05) is 23.2 Å². The van der Waals surface area contributed by atoms with Gasteiger partial charge in [0.15, 0.2) is 11.5 Å². The first-order valence-electron chi connectivity index (χ1n) is 9.15. The monoisotopic (exact) mass is 393 g/mol. The molecule has 0 saturated heterocycles. The van der Waals surface area contributed by atoms with E-state index in [0.29, 0.717) is 34.3 Å². The number of methoxy groups -OCH3 is 2. The fourth-order valence-corrected chi connectivity index (χ4v) is 2.69. The van der Waals surface area contributed by atoms with Crippen molar-refractivity contribution in [3.63, 3.8) is 0 Å². The first-order chi connectivity index (χ1) is 14.0. The molecule has 0 aliphatic rings. The molecule has 150 valence electrons. The molecule has 7 heteroatoms. The average molecular weight is 393 g/mol. The van der Waals surface area contributed by atoms with Gasteiger partial charge in [0.2, 0.25) is 5.82 Å². The van der Waals surface area contributed by atoms with E-state index in [1.54, 1.807) is 38.5 Å². The number of nitrogens with one attached hydrogen (secondary N) is 1. The highest BCUT2D eigenvalue weighted by Crippen LogP contribution is 2.28. The van der Waals surface area contributed by atoms with Crippen LogP contribution < -0.4 is 14.8 Å². The molecule has 0 bridgehead atoms. The molecule has 0 atom stereocenters. The molecule has 0 unspecified atom stereocenters. The summed E-state index contributed by atoms with van der Waals surface area (Å²) in [6.45, 7) is 3.83. The Bertz CT molecular complexity index is 1020. The molecule has 1 aromatic heterocycles. The number of benzene rings is 2. The van der Waals surface area contributed by atoms with E-state index in [9.17, 15) is 4.79 Å². The predicted molar refractivity (Wildman–Crippen MR) is 111 cm³/mol. The Morgan fingerprint density at radius 3 is 2.59 bits per heavy atom. The number of aromatic nitrogens is 2. The lowest BCUT2D eigenvalue weighted by molar-refractivity contribution is 0.0943. The lowest BCUT2D eigenvalue weighted by Gasteiger charge is -2.08. The standard InChI is InChI=1S/C22H23N3O4/c1-14(2)23-22(26)17-7-5-6-16(13-17)21-24-20(29-25-21)11-9-15-8-10-18(27-3)19(12-15)28-4/h5-14H,1-4H3,(H,23,26). The van der Waals surface area contributed by atoms with Crippen LogP contribution in [0.25, 0.3) is 23.5 Å². The van der Waals surface area contributed by atoms with Gasteiger partial charge in [0.25, 0.3) is 11.8 Å². The predicted octanol–water partition coefficient (Wildman–Crippen LogP) is 4.06. The summed E-state index contributed by atoms with van der Waals surface area (Å²) in [6.07, 6.45) is 3.55. The summed E-state index contributed by atoms with van der Waals surface area (Å²) >= 11 is 0. The van der Waals surface area contributed by atoms with Gasteiger partial charge in [0.1, 0.15) is 0 Å². The van der Waals surface area contributed by atoms with E-state index in [1.165, 1.54) is 0 Å². The molecule has 0 spiro atoms. The van der Waals surface area contributed by atoms with Gasteiger partial charge < -0.3 is 19.3 Å². The minimum absolute atomic E-state index is 0.0599. The third-order valence-electron chi connectivity index (χ3n) is 4.07. The summed E-state index contributed by atoms with van der Waals surface area (Å²) in [7, 11) is 3.18. The second-order valence-electron chi connectivity index (χ2n) is 6.61. The minimum Gasteiger partial charge on any atom is -0.493 e. The molecular formula is C22H23N3O4. The van der Waals surface area contributed by atoms with Crippen LogP contribution in [0, 0.1) is 0 Å². The van der Waals surface area contributed by atoms with E-state index < -0.39 is 0 Å². The summed E-state index contributed by atoms with van der Waals surface area (Å²) in [6, 6.07) is 12.7. The second-order valence-corrected chi connectivity index (χ2v) is 6.61. The van der Waals surface area contributed by atoms with Gasteiger partial charge in [-0.15, -0.1) is 0 Å². The van der Waals surface area contributed by atoms with Gasteiger partial charge in [-0.05, 0) is 49.8 Å². The normalized spacial score (nSPS) is 11.1. The van der Waals surface area contributed by atoms with E-state index in [4.69, 9.17) is 14.0 Å². The van der Waals surface area contributed by atoms with E-state index in [2.05, 4.69) is 15.5 Å². The summed E-state index contributed by atoms with van der Waals surface area (Å²) in [5, 5.41) is 6.87. The zero-order valence-corrected chi connectivity index (χ0v) is 16.8. The number of ether oxygens (including phenoxy) is 2. The van der Waals surface area contributed by atoms with Crippen molar-refractivity contribution < 1.29 is 18.8 Å². The average Bonchev–Trinajstić information content (AvgIpc) is 3.20. The van der Waals surface area contributed by atoms with Crippen LogP contribution in [0.15, 0.2) is 47.0 Å². The summed E-state index contributed by atoms with van der Waals surface area (Å²) in [5.41, 5.74) is 2.15. The third-order valence-corrected chi connectivity index (χ3v) is 4.07. The fraction of sp³-hybridized carbons (Fsp3) is 0.227. The maximum Gasteiger partial charge on any atom is 0.251 e. The van der Waals surface area contributed by atoms with E-state index in [1.807, 2.05) is 44.2 Å². The van der Waals surface area contributed by atoms with Gasteiger partial charge in [-0.25, -0.2) is 0 Å². The molecule has 0 aliphatic heterocycles. The lowest BCUT2D eigenvalue weighted by atomic mass is 10.1. The Labute approximate surface area is 169 Å². The first-order valence-corrected chi connectivity index (χ1v) is 9.15. The first kappa shape index (κ1) is 20.1. The zero-order valence-electron chi connectivity index (χ0n) is 16.8. The molecule has 1 heterocycles. The Kier molecular flexibility index (Phi) is 6.29. The highest BCUT2D eigenvalue weighted by molar-refractivity contribution is 5.95. The van der Waals surface area contributed by atoms with Crippen molar-refractivity contribution in [3.8, 4) is 22.9 Å². The second kappa shape index (κ2) is 9.05. The van der Waals surface area contributed by atoms with E-state index >= 15 is 0 Å². The largest absolute Gasteiger partial charge is 0.493 e. The van der Waals surface area contributed by atoms with Gasteiger partial charge in [-0.1, -0.05) is 23.4 Å². The highest BCUT2D eigenvalue weighted by Gasteiger charge is 2.11. The topological polar surface area (TPSA) is 86.5 Å². The fourth-order valence-electron chi connectivity index (χ4n) is 2.69. The van der Waals surface area contributed by atoms with Crippen molar-refractivity contribution in [2.45, 2.75) is 19.9 Å². The molecule has 0 radical (unpaired) electrons. The van der Waals surface area contributed by atoms with Gasteiger partial charge in [0.05, 0.1) is 14.2 Å². The van der Waals surface area contributed by atoms with Crippen LogP contribution in [0.4, 0.5) is 0 Å². The Balaban J connectivity index is 1.78. The Morgan fingerprint density at radius 2 is 1.86 bits per heavy atom. The summed E-state index contributed by atoms with van der Waals surface area (Å²) in [4.78, 5) is 16.6. The molecule has 29 heavy (non-hydrogen) atoms. The molecule has 1 amide bonds. The van der Waals surface area contributed by atoms with Crippen LogP contribution in [0.1, 0.15) is 35.7 Å². The summed E-state index contributed by atoms with van der Waals surface area (Å²) < 4.78 is 15.8. The van der Waals surface area contributed by atoms with Gasteiger partial charge in [-0.2, -0.15) is 4.98 Å². The number of hydrogen-bond acceptors (Lipinski definition) is 6. The molecule has 3 rings (SSSR count). The number of carbonyl (C=O) groups is 1. The lowest BCUT2D eigenvalue weighted by Crippen LogP contribution is -2.30. The number of amides is 1. The number of rotatable bonds is 7. The van der Waals surface area contributed by atoms with Crippen LogP contribution in [0.3, 0.4) is 0 Å². The summed E-state index contributed by atoms with van der Waals surface area (Å²) in [5.74, 6) is 1.92. The molecular weight excluding hydrogens is 370 g/mol. The van der Waals surface area contributed by atoms with Crippen molar-refractivity contribution in [1.29, 1.82) is 0 Å². The van der Waals surface area contributed by atoms with E-state index in [-0.39, 0.29) is 11.9 Å². The van der Waals surface area contributed by atoms with E-state index in [0.717, 1.165) is 5.56 Å². The van der Waals surface area contributed by atoms with Crippen LogP contribution >= 0.6 is 0 Å². The Morgan fingerprint density at radius 1 is 1.07 bits per heavy atom. The van der Waals surface area contributed by atoms with Crippen LogP contribution in [0.5, 0.6) is 11.5 Å². The maximum absolute atomic E-state index is 12.2. The van der Waals surface area contributed by atoms with Crippen LogP contribution in [0.2, 0.25) is 0 Å². The zero-order chi connectivity index (χ0) is 20.8. The number of nitrogens with zero attached hydrogens (tertiary/aromatic N) is 2. The van der Waals surface area contributed by atoms with Gasteiger partial charge in [-0.3, -0.25) is 4.79 Å². The highest BCUT2D eigenvalue weighted by atomic mass is 16.5. The third kappa shape index (κ3) is 5.01. The van der Waals surface area contributed by atoms with Crippen LogP contribution in [-0.4, -0.2) is 36.3 Å². The molecule has 3 aromatic rings. The molecule has 7 nitrogen and oxygen atoms in total. The molecule has 0 aliphatic carbocycles. The van der Waals surface area contributed by atoms with Crippen molar-refractivity contribution in [2.75, 3.05) is 14.2 Å². The quantitative estimate of drug-likeness (QED) is 0.651. The minimum atomic E-state index is -0.140. The van der Waals surface area contributed by atoms with Crippen LogP contribution in [-0.2, 0) is 0 Å². The van der Waals surface area contributed by atoms with Gasteiger partial charge >= 0.3 is 0 Å². The molecule has 0 fully saturated rings. The SMILES string of the molecule is COc1ccc(C=Cc2nc(-c3cccc(C(=O)NC(C)C)c3)no2)cc1OC. The number of hydrogen-bond donors (Lipinski definition) is 1. The van der Waals surface area contributed by atoms with Crippen molar-refractivity contribution >= 4 is 18.1 Å². The Hall–Kier alpha value is -3.61. The maximum atomic E-state index is 12.2. The van der Waals surface area contributed by atoms with Crippen molar-refractivity contribution in [2.24, 2.45) is 0 Å². The van der Waals surface area contributed by atoms with Crippen molar-refractivity contribution in [1.82, 2.24) is 15.5 Å². The molecule has 2 aromatic carbocycles. The van der Waals surface area contributed by atoms with Crippen molar-refractivity contribution in [3.05, 3.63) is 59.5 Å². The molecule has 0 saturated carbocycles. The smallest absolute Gasteiger partial charge is 0.251 e.